The first-order chi connectivity index (χ1) is 20.1. The molecule has 11 heteroatoms. The molecule has 0 bridgehead atoms. The average molecular weight is 616 g/mol. The van der Waals surface area contributed by atoms with Gasteiger partial charge in [-0.05, 0) is 73.0 Å². The second-order valence-electron chi connectivity index (χ2n) is 9.61. The van der Waals surface area contributed by atoms with Gasteiger partial charge in [0.2, 0.25) is 11.8 Å². The molecule has 1 N–H and O–H groups in total. The first-order valence-electron chi connectivity index (χ1n) is 13.8. The van der Waals surface area contributed by atoms with Crippen LogP contribution >= 0.6 is 11.6 Å². The Kier molecular flexibility index (Phi) is 12.1. The van der Waals surface area contributed by atoms with E-state index in [0.29, 0.717) is 29.5 Å². The van der Waals surface area contributed by atoms with Crippen molar-refractivity contribution in [2.24, 2.45) is 0 Å². The fourth-order valence-electron chi connectivity index (χ4n) is 4.39. The van der Waals surface area contributed by atoms with E-state index in [0.717, 1.165) is 22.7 Å². The van der Waals surface area contributed by atoms with Crippen molar-refractivity contribution in [3.8, 4) is 11.5 Å². The summed E-state index contributed by atoms with van der Waals surface area (Å²) in [6.45, 7) is 3.87. The van der Waals surface area contributed by atoms with E-state index in [-0.39, 0.29) is 23.0 Å². The molecule has 1 unspecified atom stereocenters. The molecule has 0 heterocycles. The summed E-state index contributed by atoms with van der Waals surface area (Å²) in [4.78, 5) is 28.8. The third kappa shape index (κ3) is 8.39. The third-order valence-electron chi connectivity index (χ3n) is 6.75. The third-order valence-corrected chi connectivity index (χ3v) is 8.77. The van der Waals surface area contributed by atoms with E-state index in [1.807, 2.05) is 26.0 Å². The van der Waals surface area contributed by atoms with Gasteiger partial charge in [-0.1, -0.05) is 50.1 Å². The number of carbonyl (C=O) groups is 2. The molecule has 226 valence electrons. The van der Waals surface area contributed by atoms with Crippen LogP contribution in [0.4, 0.5) is 5.69 Å². The van der Waals surface area contributed by atoms with Crippen LogP contribution in [0, 0.1) is 0 Å². The maximum Gasteiger partial charge on any atom is 0.264 e. The topological polar surface area (TPSA) is 105 Å². The van der Waals surface area contributed by atoms with Crippen LogP contribution < -0.4 is 19.1 Å². The Labute approximate surface area is 253 Å². The Hall–Kier alpha value is -3.76. The van der Waals surface area contributed by atoms with Gasteiger partial charge in [0.15, 0.2) is 0 Å². The molecule has 0 fully saturated rings. The van der Waals surface area contributed by atoms with Crippen molar-refractivity contribution in [2.45, 2.75) is 50.6 Å². The molecule has 3 aromatic rings. The number of benzene rings is 3. The van der Waals surface area contributed by atoms with Crippen LogP contribution in [0.2, 0.25) is 5.02 Å². The number of amides is 2. The largest absolute Gasteiger partial charge is 0.497 e. The molecular weight excluding hydrogens is 578 g/mol. The van der Waals surface area contributed by atoms with E-state index in [2.05, 4.69) is 5.32 Å². The second-order valence-corrected chi connectivity index (χ2v) is 11.9. The number of halogens is 1. The van der Waals surface area contributed by atoms with Crippen LogP contribution in [-0.2, 0) is 26.2 Å². The predicted molar refractivity (Wildman–Crippen MR) is 165 cm³/mol. The van der Waals surface area contributed by atoms with Crippen LogP contribution in [0.1, 0.15) is 38.7 Å². The number of nitrogens with zero attached hydrogens (tertiary/aromatic N) is 2. The van der Waals surface area contributed by atoms with Crippen molar-refractivity contribution in [1.82, 2.24) is 10.2 Å². The molecule has 2 amide bonds. The number of anilines is 1. The molecule has 3 aromatic carbocycles. The van der Waals surface area contributed by atoms with Gasteiger partial charge in [-0.2, -0.15) is 0 Å². The van der Waals surface area contributed by atoms with E-state index in [9.17, 15) is 18.0 Å². The summed E-state index contributed by atoms with van der Waals surface area (Å²) in [5.74, 6) is 0.309. The molecule has 0 radical (unpaired) electrons. The van der Waals surface area contributed by atoms with Crippen LogP contribution in [0.3, 0.4) is 0 Å². The van der Waals surface area contributed by atoms with Gasteiger partial charge in [-0.15, -0.1) is 0 Å². The number of methoxy groups -OCH3 is 2. The van der Waals surface area contributed by atoms with Gasteiger partial charge in [-0.25, -0.2) is 8.42 Å². The summed E-state index contributed by atoms with van der Waals surface area (Å²) in [6.07, 6.45) is 2.04. The zero-order valence-corrected chi connectivity index (χ0v) is 26.0. The lowest BCUT2D eigenvalue weighted by atomic mass is 10.1. The second kappa shape index (κ2) is 15.5. The molecule has 0 aliphatic rings. The summed E-state index contributed by atoms with van der Waals surface area (Å²) in [5, 5.41) is 3.23. The van der Waals surface area contributed by atoms with Gasteiger partial charge in [0.25, 0.3) is 10.0 Å². The molecule has 0 saturated heterocycles. The van der Waals surface area contributed by atoms with Crippen molar-refractivity contribution in [3.63, 3.8) is 0 Å². The molecule has 42 heavy (non-hydrogen) atoms. The lowest BCUT2D eigenvalue weighted by Crippen LogP contribution is -2.52. The molecule has 0 aromatic heterocycles. The number of carbonyl (C=O) groups excluding carboxylic acids is 2. The van der Waals surface area contributed by atoms with Crippen molar-refractivity contribution in [2.75, 3.05) is 31.6 Å². The summed E-state index contributed by atoms with van der Waals surface area (Å²) >= 11 is 6.23. The summed E-state index contributed by atoms with van der Waals surface area (Å²) < 4.78 is 39.4. The highest BCUT2D eigenvalue weighted by atomic mass is 35.5. The van der Waals surface area contributed by atoms with Crippen LogP contribution in [0.25, 0.3) is 0 Å². The van der Waals surface area contributed by atoms with Gasteiger partial charge >= 0.3 is 0 Å². The van der Waals surface area contributed by atoms with Gasteiger partial charge < -0.3 is 19.7 Å². The summed E-state index contributed by atoms with van der Waals surface area (Å²) in [6, 6.07) is 18.5. The maximum atomic E-state index is 14.1. The molecule has 0 aliphatic carbocycles. The highest BCUT2D eigenvalue weighted by Gasteiger charge is 2.33. The Morgan fingerprint density at radius 2 is 1.55 bits per heavy atom. The van der Waals surface area contributed by atoms with Gasteiger partial charge in [0.05, 0.1) is 24.8 Å². The molecule has 0 spiro atoms. The number of sulfonamides is 1. The minimum Gasteiger partial charge on any atom is -0.497 e. The van der Waals surface area contributed by atoms with E-state index < -0.39 is 28.5 Å². The SMILES string of the molecule is CCCCNC(=O)C(CC)N(Cc1ccc(OC)cc1)C(=O)CN(c1cccc(Cl)c1)S(=O)(=O)c1ccc(OC)cc1. The first-order valence-corrected chi connectivity index (χ1v) is 15.6. The number of ether oxygens (including phenoxy) is 2. The minimum absolute atomic E-state index is 0.0258. The number of hydrogen-bond donors (Lipinski definition) is 1. The van der Waals surface area contributed by atoms with Gasteiger partial charge in [-0.3, -0.25) is 13.9 Å². The fraction of sp³-hybridized carbons (Fsp3) is 0.355. The lowest BCUT2D eigenvalue weighted by molar-refractivity contribution is -0.140. The number of hydrogen-bond acceptors (Lipinski definition) is 6. The predicted octanol–water partition coefficient (Wildman–Crippen LogP) is 5.28. The van der Waals surface area contributed by atoms with E-state index in [1.54, 1.807) is 37.4 Å². The number of unbranched alkanes of at least 4 members (excludes halogenated alkanes) is 1. The van der Waals surface area contributed by atoms with E-state index >= 15 is 0 Å². The Balaban J connectivity index is 2.03. The molecular formula is C31H38ClN3O6S. The number of nitrogens with one attached hydrogen (secondary N) is 1. The standard InChI is InChI=1S/C31H38ClN3O6S/c1-5-7-19-33-31(37)29(6-2)34(21-23-11-13-26(40-3)14-12-23)30(36)22-35(25-10-8-9-24(32)20-25)42(38,39)28-17-15-27(41-4)16-18-28/h8-18,20,29H,5-7,19,21-22H2,1-4H3,(H,33,37). The molecule has 3 rings (SSSR count). The van der Waals surface area contributed by atoms with E-state index in [4.69, 9.17) is 21.1 Å². The van der Waals surface area contributed by atoms with Crippen molar-refractivity contribution >= 4 is 39.1 Å². The zero-order chi connectivity index (χ0) is 30.7. The molecule has 0 saturated carbocycles. The van der Waals surface area contributed by atoms with Crippen LogP contribution in [0.5, 0.6) is 11.5 Å². The molecule has 0 aliphatic heterocycles. The first kappa shape index (κ1) is 32.8. The van der Waals surface area contributed by atoms with Gasteiger partial charge in [0.1, 0.15) is 24.1 Å². The van der Waals surface area contributed by atoms with Crippen molar-refractivity contribution in [1.29, 1.82) is 0 Å². The monoisotopic (exact) mass is 615 g/mol. The Morgan fingerprint density at radius 3 is 2.10 bits per heavy atom. The molecule has 1 atom stereocenters. The lowest BCUT2D eigenvalue weighted by Gasteiger charge is -2.33. The molecule has 9 nitrogen and oxygen atoms in total. The normalized spacial score (nSPS) is 11.8. The van der Waals surface area contributed by atoms with E-state index in [1.165, 1.54) is 42.3 Å². The average Bonchev–Trinajstić information content (AvgIpc) is 3.00. The highest BCUT2D eigenvalue weighted by Crippen LogP contribution is 2.28. The fourth-order valence-corrected chi connectivity index (χ4v) is 5.98. The maximum absolute atomic E-state index is 14.1. The smallest absolute Gasteiger partial charge is 0.264 e. The Morgan fingerprint density at radius 1 is 0.929 bits per heavy atom. The summed E-state index contributed by atoms with van der Waals surface area (Å²) in [7, 11) is -1.17. The number of rotatable bonds is 15. The van der Waals surface area contributed by atoms with Crippen LogP contribution in [-0.4, -0.2) is 58.5 Å². The zero-order valence-electron chi connectivity index (χ0n) is 24.4. The summed E-state index contributed by atoms with van der Waals surface area (Å²) in [5.41, 5.74) is 0.979. The Bertz CT molecular complexity index is 1430. The minimum atomic E-state index is -4.22. The van der Waals surface area contributed by atoms with Crippen LogP contribution in [0.15, 0.2) is 77.7 Å². The van der Waals surface area contributed by atoms with Gasteiger partial charge in [0, 0.05) is 18.1 Å². The quantitative estimate of drug-likeness (QED) is 0.233. The van der Waals surface area contributed by atoms with Crippen molar-refractivity contribution < 1.29 is 27.5 Å². The highest BCUT2D eigenvalue weighted by molar-refractivity contribution is 7.92. The van der Waals surface area contributed by atoms with Crippen molar-refractivity contribution in [3.05, 3.63) is 83.4 Å².